The van der Waals surface area contributed by atoms with Crippen LogP contribution < -0.4 is 4.74 Å². The maximum absolute atomic E-state index is 5.73. The van der Waals surface area contributed by atoms with Crippen molar-refractivity contribution in [1.29, 1.82) is 0 Å². The van der Waals surface area contributed by atoms with E-state index >= 15 is 0 Å². The van der Waals surface area contributed by atoms with Crippen molar-refractivity contribution in [3.05, 3.63) is 36.0 Å². The molecule has 0 saturated carbocycles. The van der Waals surface area contributed by atoms with Crippen molar-refractivity contribution in [3.8, 4) is 17.0 Å². The van der Waals surface area contributed by atoms with Gasteiger partial charge < -0.3 is 4.74 Å². The summed E-state index contributed by atoms with van der Waals surface area (Å²) in [6.07, 6.45) is 0. The lowest BCUT2D eigenvalue weighted by Gasteiger charge is -2.04. The number of halogens is 2. The van der Waals surface area contributed by atoms with E-state index in [0.29, 0.717) is 11.4 Å². The van der Waals surface area contributed by atoms with Crippen molar-refractivity contribution in [2.45, 2.75) is 4.84 Å². The minimum Gasteiger partial charge on any atom is -0.497 e. The third-order valence-electron chi connectivity index (χ3n) is 2.21. The molecular formula is C11H9Cl2N3O. The molecule has 0 fully saturated rings. The molecule has 0 bridgehead atoms. The molecule has 0 spiro atoms. The largest absolute Gasteiger partial charge is 0.497 e. The molecule has 0 aliphatic heterocycles. The molecule has 1 aromatic carbocycles. The van der Waals surface area contributed by atoms with E-state index < -0.39 is 4.84 Å². The first-order chi connectivity index (χ1) is 8.20. The van der Waals surface area contributed by atoms with E-state index in [4.69, 9.17) is 27.9 Å². The van der Waals surface area contributed by atoms with E-state index in [9.17, 15) is 0 Å². The van der Waals surface area contributed by atoms with Crippen LogP contribution >= 0.6 is 23.2 Å². The van der Waals surface area contributed by atoms with Crippen LogP contribution in [0.1, 0.15) is 10.5 Å². The SMILES string of the molecule is COc1ccc(-c2cc(C(Cl)Cl)nnn2)cc1. The maximum atomic E-state index is 5.73. The van der Waals surface area contributed by atoms with Crippen LogP contribution in [0.2, 0.25) is 0 Å². The number of methoxy groups -OCH3 is 1. The number of nitrogens with zero attached hydrogens (tertiary/aromatic N) is 3. The first-order valence-electron chi connectivity index (χ1n) is 4.83. The van der Waals surface area contributed by atoms with Crippen molar-refractivity contribution < 1.29 is 4.74 Å². The van der Waals surface area contributed by atoms with Gasteiger partial charge in [-0.1, -0.05) is 23.2 Å². The Morgan fingerprint density at radius 1 is 1.12 bits per heavy atom. The molecule has 88 valence electrons. The van der Waals surface area contributed by atoms with Crippen molar-refractivity contribution >= 4 is 23.2 Å². The fraction of sp³-hybridized carbons (Fsp3) is 0.182. The second-order valence-corrected chi connectivity index (χ2v) is 4.37. The Hall–Kier alpha value is -1.39. The molecule has 1 aromatic heterocycles. The molecule has 0 radical (unpaired) electrons. The summed E-state index contributed by atoms with van der Waals surface area (Å²) in [6, 6.07) is 9.15. The van der Waals surface area contributed by atoms with Crippen LogP contribution in [0.25, 0.3) is 11.3 Å². The summed E-state index contributed by atoms with van der Waals surface area (Å²) in [5, 5.41) is 11.3. The predicted molar refractivity (Wildman–Crippen MR) is 66.3 cm³/mol. The van der Waals surface area contributed by atoms with Gasteiger partial charge in [-0.2, -0.15) is 0 Å². The van der Waals surface area contributed by atoms with Gasteiger partial charge in [-0.3, -0.25) is 0 Å². The highest BCUT2D eigenvalue weighted by Crippen LogP contribution is 2.26. The molecule has 0 aliphatic rings. The lowest BCUT2D eigenvalue weighted by molar-refractivity contribution is 0.415. The third kappa shape index (κ3) is 2.84. The average molecular weight is 270 g/mol. The summed E-state index contributed by atoms with van der Waals surface area (Å²) in [5.74, 6) is 0.781. The Kier molecular flexibility index (Phi) is 3.76. The number of alkyl halides is 2. The van der Waals surface area contributed by atoms with Crippen LogP contribution in [-0.2, 0) is 0 Å². The summed E-state index contributed by atoms with van der Waals surface area (Å²) in [7, 11) is 1.62. The van der Waals surface area contributed by atoms with Gasteiger partial charge in [0.15, 0.2) is 4.84 Å². The summed E-state index contributed by atoms with van der Waals surface area (Å²) in [4.78, 5) is -0.706. The Labute approximate surface area is 109 Å². The highest BCUT2D eigenvalue weighted by molar-refractivity contribution is 6.43. The summed E-state index contributed by atoms with van der Waals surface area (Å²) in [5.41, 5.74) is 2.05. The van der Waals surface area contributed by atoms with Crippen LogP contribution in [0.3, 0.4) is 0 Å². The van der Waals surface area contributed by atoms with Crippen LogP contribution in [-0.4, -0.2) is 22.5 Å². The zero-order chi connectivity index (χ0) is 12.3. The number of rotatable bonds is 3. The molecule has 0 atom stereocenters. The standard InChI is InChI=1S/C11H9Cl2N3O/c1-17-8-4-2-7(3-5-8)9-6-10(11(12)13)15-16-14-9/h2-6,11H,1H3. The number of aromatic nitrogens is 3. The molecule has 0 saturated heterocycles. The first kappa shape index (κ1) is 12.1. The normalized spacial score (nSPS) is 10.6. The first-order valence-corrected chi connectivity index (χ1v) is 5.71. The van der Waals surface area contributed by atoms with Gasteiger partial charge >= 0.3 is 0 Å². The summed E-state index contributed by atoms with van der Waals surface area (Å²) < 4.78 is 5.08. The monoisotopic (exact) mass is 269 g/mol. The second kappa shape index (κ2) is 5.29. The zero-order valence-corrected chi connectivity index (χ0v) is 10.5. The molecule has 0 N–H and O–H groups in total. The number of hydrogen-bond donors (Lipinski definition) is 0. The van der Waals surface area contributed by atoms with Gasteiger partial charge in [-0.15, -0.1) is 10.2 Å². The van der Waals surface area contributed by atoms with E-state index in [1.807, 2.05) is 24.3 Å². The number of hydrogen-bond acceptors (Lipinski definition) is 4. The molecule has 0 amide bonds. The van der Waals surface area contributed by atoms with E-state index in [2.05, 4.69) is 15.4 Å². The van der Waals surface area contributed by atoms with E-state index in [-0.39, 0.29) is 0 Å². The van der Waals surface area contributed by atoms with Gasteiger partial charge in [0.25, 0.3) is 0 Å². The second-order valence-electron chi connectivity index (χ2n) is 3.27. The molecule has 17 heavy (non-hydrogen) atoms. The van der Waals surface area contributed by atoms with Crippen molar-refractivity contribution in [3.63, 3.8) is 0 Å². The van der Waals surface area contributed by atoms with Gasteiger partial charge in [-0.05, 0) is 35.5 Å². The highest BCUT2D eigenvalue weighted by atomic mass is 35.5. The minimum atomic E-state index is -0.706. The zero-order valence-electron chi connectivity index (χ0n) is 8.97. The Morgan fingerprint density at radius 3 is 2.41 bits per heavy atom. The van der Waals surface area contributed by atoms with Crippen LogP contribution in [0.4, 0.5) is 0 Å². The van der Waals surface area contributed by atoms with Crippen LogP contribution in [0.5, 0.6) is 5.75 Å². The Morgan fingerprint density at radius 2 is 1.82 bits per heavy atom. The third-order valence-corrected chi connectivity index (χ3v) is 2.65. The summed E-state index contributed by atoms with van der Waals surface area (Å²) >= 11 is 11.5. The van der Waals surface area contributed by atoms with Crippen LogP contribution in [0.15, 0.2) is 30.3 Å². The lowest BCUT2D eigenvalue weighted by atomic mass is 10.1. The Balaban J connectivity index is 2.35. The van der Waals surface area contributed by atoms with Gasteiger partial charge in [0.05, 0.1) is 18.5 Å². The van der Waals surface area contributed by atoms with Crippen molar-refractivity contribution in [1.82, 2.24) is 15.4 Å². The highest BCUT2D eigenvalue weighted by Gasteiger charge is 2.09. The van der Waals surface area contributed by atoms with Gasteiger partial charge in [0.2, 0.25) is 0 Å². The lowest BCUT2D eigenvalue weighted by Crippen LogP contribution is -1.97. The smallest absolute Gasteiger partial charge is 0.151 e. The van der Waals surface area contributed by atoms with Crippen molar-refractivity contribution in [2.24, 2.45) is 0 Å². The van der Waals surface area contributed by atoms with Crippen molar-refractivity contribution in [2.75, 3.05) is 7.11 Å². The van der Waals surface area contributed by atoms with Gasteiger partial charge in [0, 0.05) is 5.56 Å². The van der Waals surface area contributed by atoms with E-state index in [1.165, 1.54) is 0 Å². The quantitative estimate of drug-likeness (QED) is 0.804. The molecule has 6 heteroatoms. The molecule has 0 unspecified atom stereocenters. The fourth-order valence-electron chi connectivity index (χ4n) is 1.33. The molecular weight excluding hydrogens is 261 g/mol. The molecule has 2 aromatic rings. The average Bonchev–Trinajstić information content (AvgIpc) is 2.39. The number of benzene rings is 1. The fourth-order valence-corrected chi connectivity index (χ4v) is 1.54. The van der Waals surface area contributed by atoms with Crippen LogP contribution in [0, 0.1) is 0 Å². The molecule has 2 rings (SSSR count). The van der Waals surface area contributed by atoms with Gasteiger partial charge in [0.1, 0.15) is 5.75 Å². The minimum absolute atomic E-state index is 0.481. The summed E-state index contributed by atoms with van der Waals surface area (Å²) in [6.45, 7) is 0. The predicted octanol–water partition coefficient (Wildman–Crippen LogP) is 3.02. The molecule has 0 aliphatic carbocycles. The van der Waals surface area contributed by atoms with E-state index in [0.717, 1.165) is 11.3 Å². The van der Waals surface area contributed by atoms with Gasteiger partial charge in [-0.25, -0.2) is 0 Å². The Bertz CT molecular complexity index is 502. The topological polar surface area (TPSA) is 47.9 Å². The maximum Gasteiger partial charge on any atom is 0.151 e. The molecule has 4 nitrogen and oxygen atoms in total. The van der Waals surface area contributed by atoms with E-state index in [1.54, 1.807) is 13.2 Å². The molecule has 1 heterocycles. The number of ether oxygens (including phenoxy) is 1.